The molecular weight excluding hydrogens is 789 g/mol. The molecule has 0 aromatic heterocycles. The van der Waals surface area contributed by atoms with Crippen LogP contribution < -0.4 is 0 Å². The van der Waals surface area contributed by atoms with Crippen LogP contribution in [-0.4, -0.2) is 96.0 Å². The van der Waals surface area contributed by atoms with E-state index >= 15 is 0 Å². The van der Waals surface area contributed by atoms with E-state index in [0.29, 0.717) is 12.8 Å². The molecule has 4 N–H and O–H groups in total. The summed E-state index contributed by atoms with van der Waals surface area (Å²) in [6, 6.07) is 0. The normalized spacial score (nSPS) is 20.7. The molecule has 1 heterocycles. The van der Waals surface area contributed by atoms with Gasteiger partial charge in [0.05, 0.1) is 6.61 Å². The summed E-state index contributed by atoms with van der Waals surface area (Å²) in [4.78, 5) is 25.4. The standard InChI is InChI=1S/C47H80O12S/c1-3-5-7-9-11-13-15-17-19-20-22-23-25-27-29-31-33-35-42(48)56-37-40(38-57-47-46(52)45(51)44(50)41(59-47)39-60(53,54)55)58-43(49)36-34-32-30-28-26-24-21-18-16-14-12-10-8-6-4-2/h11-14,17-19,21,26,28,40-41,44-47,50-52H,3-10,15-16,20,22-25,27,29-39H2,1-2H3,(H,53,54,55)/b13-11+,14-12+,19-17+,21-18+,28-26+/t40-,41-,44-,45?,46?,47+/m1/s1. The molecule has 12 nitrogen and oxygen atoms in total. The van der Waals surface area contributed by atoms with Crippen LogP contribution in [0, 0.1) is 0 Å². The van der Waals surface area contributed by atoms with Crippen LogP contribution in [-0.2, 0) is 38.7 Å². The van der Waals surface area contributed by atoms with E-state index in [9.17, 15) is 37.9 Å². The Morgan fingerprint density at radius 3 is 1.52 bits per heavy atom. The Labute approximate surface area is 362 Å². The number of hydrogen-bond acceptors (Lipinski definition) is 11. The van der Waals surface area contributed by atoms with Crippen LogP contribution in [0.25, 0.3) is 0 Å². The van der Waals surface area contributed by atoms with Crippen molar-refractivity contribution in [2.45, 2.75) is 205 Å². The van der Waals surface area contributed by atoms with Gasteiger partial charge in [0.15, 0.2) is 12.4 Å². The van der Waals surface area contributed by atoms with Crippen molar-refractivity contribution in [2.75, 3.05) is 19.0 Å². The lowest BCUT2D eigenvalue weighted by Crippen LogP contribution is -2.60. The van der Waals surface area contributed by atoms with Crippen molar-refractivity contribution in [3.8, 4) is 0 Å². The zero-order valence-corrected chi connectivity index (χ0v) is 37.6. The Hall–Kier alpha value is -2.65. The lowest BCUT2D eigenvalue weighted by atomic mass is 10.00. The molecule has 0 aromatic carbocycles. The van der Waals surface area contributed by atoms with Crippen molar-refractivity contribution in [1.29, 1.82) is 0 Å². The smallest absolute Gasteiger partial charge is 0.306 e. The fourth-order valence-corrected chi connectivity index (χ4v) is 7.17. The first kappa shape index (κ1) is 55.4. The van der Waals surface area contributed by atoms with Crippen molar-refractivity contribution in [1.82, 2.24) is 0 Å². The van der Waals surface area contributed by atoms with Crippen LogP contribution in [0.5, 0.6) is 0 Å². The van der Waals surface area contributed by atoms with Gasteiger partial charge >= 0.3 is 11.9 Å². The average molecular weight is 869 g/mol. The second-order valence-electron chi connectivity index (χ2n) is 15.7. The predicted octanol–water partition coefficient (Wildman–Crippen LogP) is 9.34. The number of ether oxygens (including phenoxy) is 4. The number of esters is 2. The first-order chi connectivity index (χ1) is 29.0. The predicted molar refractivity (Wildman–Crippen MR) is 238 cm³/mol. The lowest BCUT2D eigenvalue weighted by molar-refractivity contribution is -0.297. The molecule has 13 heteroatoms. The molecule has 1 rings (SSSR count). The summed E-state index contributed by atoms with van der Waals surface area (Å²) < 4.78 is 54.0. The Morgan fingerprint density at radius 1 is 0.567 bits per heavy atom. The van der Waals surface area contributed by atoms with Gasteiger partial charge in [0, 0.05) is 12.8 Å². The zero-order valence-electron chi connectivity index (χ0n) is 36.8. The Balaban J connectivity index is 2.48. The maximum atomic E-state index is 12.8. The maximum Gasteiger partial charge on any atom is 0.306 e. The third-order valence-electron chi connectivity index (χ3n) is 10.1. The summed E-state index contributed by atoms with van der Waals surface area (Å²) in [5, 5.41) is 30.9. The number of carbonyl (C=O) groups is 2. The molecule has 0 aromatic rings. The van der Waals surface area contributed by atoms with Gasteiger partial charge in [-0.25, -0.2) is 0 Å². The van der Waals surface area contributed by atoms with E-state index in [1.807, 2.05) is 0 Å². The van der Waals surface area contributed by atoms with Crippen LogP contribution in [0.1, 0.15) is 168 Å². The highest BCUT2D eigenvalue weighted by molar-refractivity contribution is 7.85. The third-order valence-corrected chi connectivity index (χ3v) is 10.8. The number of aliphatic hydroxyl groups is 3. The molecule has 60 heavy (non-hydrogen) atoms. The first-order valence-electron chi connectivity index (χ1n) is 22.8. The van der Waals surface area contributed by atoms with Gasteiger partial charge in [0.25, 0.3) is 10.1 Å². The van der Waals surface area contributed by atoms with Crippen molar-refractivity contribution in [2.24, 2.45) is 0 Å². The SMILES string of the molecule is CCCCC/C=C/C/C=C/C/C=C/CCCCC(=O)O[C@H](COC(=O)CCCCCCCCC/C=C/C/C=C/CCCCC)CO[C@H]1O[C@H](CS(=O)(=O)O)[C@@H](O)C(O)C1O. The number of allylic oxidation sites excluding steroid dienone is 10. The number of unbranched alkanes of at least 4 members (excludes halogenated alkanes) is 15. The van der Waals surface area contributed by atoms with E-state index in [1.54, 1.807) is 0 Å². The van der Waals surface area contributed by atoms with Crippen molar-refractivity contribution in [3.63, 3.8) is 0 Å². The largest absolute Gasteiger partial charge is 0.462 e. The highest BCUT2D eigenvalue weighted by atomic mass is 32.2. The fourth-order valence-electron chi connectivity index (χ4n) is 6.48. The molecule has 0 amide bonds. The first-order valence-corrected chi connectivity index (χ1v) is 24.5. The molecule has 1 saturated heterocycles. The third kappa shape index (κ3) is 31.2. The molecule has 1 aliphatic heterocycles. The second-order valence-corrected chi connectivity index (χ2v) is 17.2. The molecule has 0 spiro atoms. The molecule has 1 aliphatic rings. The summed E-state index contributed by atoms with van der Waals surface area (Å²) in [6.07, 6.45) is 35.5. The molecule has 6 atom stereocenters. The van der Waals surface area contributed by atoms with Crippen LogP contribution >= 0.6 is 0 Å². The van der Waals surface area contributed by atoms with Crippen LogP contribution in [0.2, 0.25) is 0 Å². The molecule has 346 valence electrons. The van der Waals surface area contributed by atoms with Gasteiger partial charge in [0.2, 0.25) is 0 Å². The molecule has 0 radical (unpaired) electrons. The lowest BCUT2D eigenvalue weighted by Gasteiger charge is -2.40. The number of rotatable bonds is 37. The Bertz CT molecular complexity index is 1340. The quantitative estimate of drug-likeness (QED) is 0.0201. The minimum Gasteiger partial charge on any atom is -0.462 e. The van der Waals surface area contributed by atoms with Crippen molar-refractivity contribution < 1.29 is 56.8 Å². The molecule has 1 fully saturated rings. The van der Waals surface area contributed by atoms with E-state index in [4.69, 9.17) is 18.9 Å². The number of hydrogen-bond donors (Lipinski definition) is 4. The molecule has 0 saturated carbocycles. The van der Waals surface area contributed by atoms with E-state index in [1.165, 1.54) is 57.8 Å². The molecule has 2 unspecified atom stereocenters. The van der Waals surface area contributed by atoms with E-state index in [2.05, 4.69) is 74.6 Å². The Morgan fingerprint density at radius 2 is 1.00 bits per heavy atom. The maximum absolute atomic E-state index is 12.8. The summed E-state index contributed by atoms with van der Waals surface area (Å²) in [5.74, 6) is -2.05. The van der Waals surface area contributed by atoms with Crippen LogP contribution in [0.3, 0.4) is 0 Å². The Kier molecular flexibility index (Phi) is 34.1. The minimum absolute atomic E-state index is 0.111. The summed E-state index contributed by atoms with van der Waals surface area (Å²) in [6.45, 7) is 3.66. The average Bonchev–Trinajstić information content (AvgIpc) is 3.21. The highest BCUT2D eigenvalue weighted by Gasteiger charge is 2.46. The monoisotopic (exact) mass is 869 g/mol. The van der Waals surface area contributed by atoms with Gasteiger partial charge in [-0.1, -0.05) is 132 Å². The van der Waals surface area contributed by atoms with Crippen molar-refractivity contribution >= 4 is 22.1 Å². The van der Waals surface area contributed by atoms with Gasteiger partial charge < -0.3 is 34.3 Å². The molecular formula is C47H80O12S. The molecule has 0 bridgehead atoms. The van der Waals surface area contributed by atoms with Crippen LogP contribution in [0.15, 0.2) is 60.8 Å². The van der Waals surface area contributed by atoms with Gasteiger partial charge in [0.1, 0.15) is 36.8 Å². The van der Waals surface area contributed by atoms with Crippen molar-refractivity contribution in [3.05, 3.63) is 60.8 Å². The minimum atomic E-state index is -4.61. The fraction of sp³-hybridized carbons (Fsp3) is 0.745. The second kappa shape index (κ2) is 37.0. The van der Waals surface area contributed by atoms with Gasteiger partial charge in [-0.15, -0.1) is 0 Å². The van der Waals surface area contributed by atoms with Gasteiger partial charge in [-0.05, 0) is 83.5 Å². The summed E-state index contributed by atoms with van der Waals surface area (Å²) in [7, 11) is -4.61. The van der Waals surface area contributed by atoms with E-state index in [0.717, 1.165) is 70.6 Å². The highest BCUT2D eigenvalue weighted by Crippen LogP contribution is 2.24. The topological polar surface area (TPSA) is 186 Å². The van der Waals surface area contributed by atoms with E-state index < -0.39 is 71.2 Å². The summed E-state index contributed by atoms with van der Waals surface area (Å²) >= 11 is 0. The van der Waals surface area contributed by atoms with Crippen LogP contribution in [0.4, 0.5) is 0 Å². The van der Waals surface area contributed by atoms with Gasteiger partial charge in [-0.3, -0.25) is 14.1 Å². The van der Waals surface area contributed by atoms with E-state index in [-0.39, 0.29) is 19.4 Å². The van der Waals surface area contributed by atoms with Gasteiger partial charge in [-0.2, -0.15) is 8.42 Å². The number of carbonyl (C=O) groups excluding carboxylic acids is 2. The molecule has 0 aliphatic carbocycles. The zero-order chi connectivity index (χ0) is 44.1. The summed E-state index contributed by atoms with van der Waals surface area (Å²) in [5.41, 5.74) is 0. The number of aliphatic hydroxyl groups excluding tert-OH is 3.